The van der Waals surface area contributed by atoms with Crippen molar-refractivity contribution in [2.45, 2.75) is 36.6 Å². The lowest BCUT2D eigenvalue weighted by atomic mass is 10.0. The van der Waals surface area contributed by atoms with Gasteiger partial charge in [-0.05, 0) is 43.7 Å². The topological polar surface area (TPSA) is 119 Å². The van der Waals surface area contributed by atoms with E-state index in [4.69, 9.17) is 5.14 Å². The minimum absolute atomic E-state index is 0.152. The minimum atomic E-state index is -3.96. The van der Waals surface area contributed by atoms with Crippen molar-refractivity contribution in [2.75, 3.05) is 25.0 Å². The highest BCUT2D eigenvalue weighted by Crippen LogP contribution is 2.32. The van der Waals surface area contributed by atoms with Crippen LogP contribution in [-0.4, -0.2) is 43.9 Å². The van der Waals surface area contributed by atoms with E-state index >= 15 is 0 Å². The lowest BCUT2D eigenvalue weighted by Gasteiger charge is -2.32. The van der Waals surface area contributed by atoms with Gasteiger partial charge < -0.3 is 10.2 Å². The minimum Gasteiger partial charge on any atom is -0.377 e. The highest BCUT2D eigenvalue weighted by Gasteiger charge is 2.28. The molecular formula is C15H22N4O4S. The Morgan fingerprint density at radius 1 is 1.25 bits per heavy atom. The van der Waals surface area contributed by atoms with Gasteiger partial charge in [0.1, 0.15) is 5.69 Å². The van der Waals surface area contributed by atoms with Crippen LogP contribution in [0.5, 0.6) is 0 Å². The highest BCUT2D eigenvalue weighted by atomic mass is 32.2. The number of nitrogens with one attached hydrogen (secondary N) is 1. The number of piperidine rings is 1. The average Bonchev–Trinajstić information content (AvgIpc) is 3.32. The van der Waals surface area contributed by atoms with Crippen LogP contribution in [0, 0.1) is 16.0 Å². The van der Waals surface area contributed by atoms with Gasteiger partial charge in [-0.15, -0.1) is 0 Å². The van der Waals surface area contributed by atoms with Crippen LogP contribution in [0.4, 0.5) is 11.4 Å². The fourth-order valence-electron chi connectivity index (χ4n) is 3.11. The fraction of sp³-hybridized carbons (Fsp3) is 0.600. The van der Waals surface area contributed by atoms with Crippen LogP contribution in [0.15, 0.2) is 23.1 Å². The molecule has 1 heterocycles. The van der Waals surface area contributed by atoms with Gasteiger partial charge in [0.15, 0.2) is 0 Å². The molecule has 0 amide bonds. The summed E-state index contributed by atoms with van der Waals surface area (Å²) >= 11 is 0. The molecule has 0 unspecified atom stereocenters. The van der Waals surface area contributed by atoms with Crippen molar-refractivity contribution < 1.29 is 13.3 Å². The fourth-order valence-corrected chi connectivity index (χ4v) is 3.64. The van der Waals surface area contributed by atoms with E-state index in [1.165, 1.54) is 25.0 Å². The van der Waals surface area contributed by atoms with E-state index in [0.717, 1.165) is 44.5 Å². The molecule has 1 saturated heterocycles. The number of anilines is 1. The second-order valence-corrected chi connectivity index (χ2v) is 8.21. The zero-order valence-electron chi connectivity index (χ0n) is 13.3. The summed E-state index contributed by atoms with van der Waals surface area (Å²) in [5.74, 6) is 0.862. The molecule has 8 nitrogen and oxygen atoms in total. The molecule has 2 aliphatic rings. The van der Waals surface area contributed by atoms with E-state index < -0.39 is 14.9 Å². The second-order valence-electron chi connectivity index (χ2n) is 6.64. The van der Waals surface area contributed by atoms with E-state index in [-0.39, 0.29) is 16.6 Å². The van der Waals surface area contributed by atoms with Gasteiger partial charge >= 0.3 is 0 Å². The molecule has 0 atom stereocenters. The van der Waals surface area contributed by atoms with Crippen molar-refractivity contribution in [1.82, 2.24) is 4.90 Å². The summed E-state index contributed by atoms with van der Waals surface area (Å²) in [5, 5.41) is 19.5. The first-order valence-electron chi connectivity index (χ1n) is 8.13. The lowest BCUT2D eigenvalue weighted by molar-refractivity contribution is -0.384. The number of nitrogens with two attached hydrogens (primary N) is 1. The molecule has 132 valence electrons. The largest absolute Gasteiger partial charge is 0.377 e. The monoisotopic (exact) mass is 354 g/mol. The quantitative estimate of drug-likeness (QED) is 0.591. The first-order chi connectivity index (χ1) is 11.3. The summed E-state index contributed by atoms with van der Waals surface area (Å²) in [6.45, 7) is 3.13. The summed E-state index contributed by atoms with van der Waals surface area (Å²) in [6.07, 6.45) is 4.50. The van der Waals surface area contributed by atoms with E-state index in [0.29, 0.717) is 5.69 Å². The van der Waals surface area contributed by atoms with Crippen LogP contribution in [0.1, 0.15) is 25.7 Å². The zero-order chi connectivity index (χ0) is 17.3. The maximum absolute atomic E-state index is 11.4. The number of benzene rings is 1. The predicted octanol–water partition coefficient (Wildman–Crippen LogP) is 1.53. The maximum atomic E-state index is 11.4. The second kappa shape index (κ2) is 6.66. The molecule has 0 bridgehead atoms. The molecule has 2 fully saturated rings. The first-order valence-corrected chi connectivity index (χ1v) is 9.67. The van der Waals surface area contributed by atoms with Gasteiger partial charge in [-0.25, -0.2) is 13.6 Å². The first kappa shape index (κ1) is 17.1. The molecule has 1 aliphatic heterocycles. The normalized spacial score (nSPS) is 20.0. The van der Waals surface area contributed by atoms with Crippen LogP contribution >= 0.6 is 0 Å². The SMILES string of the molecule is NS(=O)(=O)c1ccc(NC2CCN(CC3CC3)CC2)c([N+](=O)[O-])c1. The van der Waals surface area contributed by atoms with Crippen molar-refractivity contribution >= 4 is 21.4 Å². The number of nitro groups is 1. The molecule has 1 aromatic rings. The zero-order valence-corrected chi connectivity index (χ0v) is 14.2. The summed E-state index contributed by atoms with van der Waals surface area (Å²) < 4.78 is 22.7. The summed E-state index contributed by atoms with van der Waals surface area (Å²) in [4.78, 5) is 12.9. The number of hydrogen-bond donors (Lipinski definition) is 2. The van der Waals surface area contributed by atoms with E-state index in [2.05, 4.69) is 10.2 Å². The third-order valence-electron chi connectivity index (χ3n) is 4.65. The number of rotatable bonds is 6. The summed E-state index contributed by atoms with van der Waals surface area (Å²) in [7, 11) is -3.96. The number of nitro benzene ring substituents is 1. The Bertz CT molecular complexity index is 725. The standard InChI is InChI=1S/C15H22N4O4S/c16-24(22,23)13-3-4-14(15(9-13)19(20)21)17-12-5-7-18(8-6-12)10-11-1-2-11/h3-4,9,11-12,17H,1-2,5-8,10H2,(H2,16,22,23). The molecular weight excluding hydrogens is 332 g/mol. The Kier molecular flexibility index (Phi) is 4.75. The van der Waals surface area contributed by atoms with Crippen LogP contribution < -0.4 is 10.5 Å². The van der Waals surface area contributed by atoms with Crippen molar-refractivity contribution in [3.63, 3.8) is 0 Å². The molecule has 1 aliphatic carbocycles. The van der Waals surface area contributed by atoms with Crippen LogP contribution in [-0.2, 0) is 10.0 Å². The number of hydrogen-bond acceptors (Lipinski definition) is 6. The third-order valence-corrected chi connectivity index (χ3v) is 5.57. The average molecular weight is 354 g/mol. The van der Waals surface area contributed by atoms with Gasteiger partial charge in [0, 0.05) is 31.7 Å². The molecule has 1 aromatic carbocycles. The Morgan fingerprint density at radius 2 is 1.92 bits per heavy atom. The van der Waals surface area contributed by atoms with E-state index in [9.17, 15) is 18.5 Å². The van der Waals surface area contributed by atoms with E-state index in [1.807, 2.05) is 0 Å². The van der Waals surface area contributed by atoms with Crippen LogP contribution in [0.3, 0.4) is 0 Å². The van der Waals surface area contributed by atoms with Gasteiger partial charge in [0.05, 0.1) is 9.82 Å². The summed E-state index contributed by atoms with van der Waals surface area (Å²) in [5.41, 5.74) is 0.0787. The van der Waals surface area contributed by atoms with Crippen molar-refractivity contribution in [1.29, 1.82) is 0 Å². The summed E-state index contributed by atoms with van der Waals surface area (Å²) in [6, 6.07) is 3.89. The van der Waals surface area contributed by atoms with Crippen molar-refractivity contribution in [2.24, 2.45) is 11.1 Å². The van der Waals surface area contributed by atoms with Gasteiger partial charge in [-0.1, -0.05) is 0 Å². The maximum Gasteiger partial charge on any atom is 0.293 e. The number of primary sulfonamides is 1. The molecule has 0 spiro atoms. The number of likely N-dealkylation sites (tertiary alicyclic amines) is 1. The van der Waals surface area contributed by atoms with Gasteiger partial charge in [0.2, 0.25) is 10.0 Å². The van der Waals surface area contributed by atoms with Crippen LogP contribution in [0.2, 0.25) is 0 Å². The van der Waals surface area contributed by atoms with Gasteiger partial charge in [-0.3, -0.25) is 10.1 Å². The van der Waals surface area contributed by atoms with Crippen molar-refractivity contribution in [3.05, 3.63) is 28.3 Å². The van der Waals surface area contributed by atoms with E-state index in [1.54, 1.807) is 0 Å². The van der Waals surface area contributed by atoms with Gasteiger partial charge in [-0.2, -0.15) is 0 Å². The number of sulfonamides is 1. The Labute approximate surface area is 141 Å². The highest BCUT2D eigenvalue weighted by molar-refractivity contribution is 7.89. The molecule has 24 heavy (non-hydrogen) atoms. The molecule has 1 saturated carbocycles. The molecule has 3 rings (SSSR count). The third kappa shape index (κ3) is 4.22. The molecule has 0 radical (unpaired) electrons. The van der Waals surface area contributed by atoms with Crippen LogP contribution in [0.25, 0.3) is 0 Å². The van der Waals surface area contributed by atoms with Gasteiger partial charge in [0.25, 0.3) is 5.69 Å². The Hall–Kier alpha value is -1.71. The molecule has 9 heteroatoms. The molecule has 0 aromatic heterocycles. The Morgan fingerprint density at radius 3 is 2.46 bits per heavy atom. The smallest absolute Gasteiger partial charge is 0.293 e. The number of nitrogens with zero attached hydrogens (tertiary/aromatic N) is 2. The lowest BCUT2D eigenvalue weighted by Crippen LogP contribution is -2.40. The Balaban J connectivity index is 1.67. The molecule has 3 N–H and O–H groups in total. The predicted molar refractivity (Wildman–Crippen MR) is 90.3 cm³/mol. The van der Waals surface area contributed by atoms with Crippen molar-refractivity contribution in [3.8, 4) is 0 Å².